The van der Waals surface area contributed by atoms with Crippen LogP contribution in [0.3, 0.4) is 0 Å². The van der Waals surface area contributed by atoms with Gasteiger partial charge in [0.15, 0.2) is 5.11 Å². The van der Waals surface area contributed by atoms with Crippen LogP contribution in [-0.4, -0.2) is 11.0 Å². The maximum atomic E-state index is 12.9. The highest BCUT2D eigenvalue weighted by Gasteiger charge is 2.29. The van der Waals surface area contributed by atoms with Crippen LogP contribution in [0, 0.1) is 6.92 Å². The molecule has 128 valence electrons. The van der Waals surface area contributed by atoms with Crippen molar-refractivity contribution in [2.45, 2.75) is 19.9 Å². The molecule has 1 atom stereocenters. The Kier molecular flexibility index (Phi) is 5.20. The Morgan fingerprint density at radius 1 is 1.08 bits per heavy atom. The Bertz CT molecular complexity index is 844. The Balaban J connectivity index is 1.92. The highest BCUT2D eigenvalue weighted by atomic mass is 79.9. The molecule has 6 heteroatoms. The van der Waals surface area contributed by atoms with E-state index < -0.39 is 0 Å². The normalized spacial score (nSPS) is 16.9. The second-order valence-electron chi connectivity index (χ2n) is 5.94. The lowest BCUT2D eigenvalue weighted by atomic mass is 9.94. The van der Waals surface area contributed by atoms with Crippen LogP contribution in [0.5, 0.6) is 0 Å². The molecule has 2 aromatic rings. The van der Waals surface area contributed by atoms with Gasteiger partial charge in [-0.25, -0.2) is 0 Å². The van der Waals surface area contributed by atoms with Gasteiger partial charge in [0.2, 0.25) is 0 Å². The summed E-state index contributed by atoms with van der Waals surface area (Å²) in [5.41, 5.74) is 4.28. The fraction of sp³-hybridized carbons (Fsp3) is 0.158. The highest BCUT2D eigenvalue weighted by molar-refractivity contribution is 9.10. The number of halogens is 1. The van der Waals surface area contributed by atoms with Crippen molar-refractivity contribution in [2.75, 3.05) is 5.32 Å². The van der Waals surface area contributed by atoms with Crippen LogP contribution in [-0.2, 0) is 4.79 Å². The second-order valence-corrected chi connectivity index (χ2v) is 7.27. The summed E-state index contributed by atoms with van der Waals surface area (Å²) in [5, 5.41) is 9.72. The topological polar surface area (TPSA) is 53.2 Å². The molecular formula is C19H18BrN3OS. The molecule has 4 nitrogen and oxygen atoms in total. The molecule has 3 N–H and O–H groups in total. The molecule has 1 aliphatic heterocycles. The average Bonchev–Trinajstić information content (AvgIpc) is 2.57. The largest absolute Gasteiger partial charge is 0.351 e. The van der Waals surface area contributed by atoms with Crippen LogP contribution < -0.4 is 16.0 Å². The minimum absolute atomic E-state index is 0.159. The van der Waals surface area contributed by atoms with Crippen molar-refractivity contribution < 1.29 is 4.79 Å². The van der Waals surface area contributed by atoms with Crippen LogP contribution in [0.2, 0.25) is 0 Å². The molecule has 0 bridgehead atoms. The molecule has 1 heterocycles. The van der Waals surface area contributed by atoms with E-state index in [1.54, 1.807) is 0 Å². The third-order valence-corrected chi connectivity index (χ3v) is 4.78. The van der Waals surface area contributed by atoms with E-state index >= 15 is 0 Å². The van der Waals surface area contributed by atoms with Gasteiger partial charge in [-0.05, 0) is 55.9 Å². The van der Waals surface area contributed by atoms with Crippen LogP contribution in [0.4, 0.5) is 5.69 Å². The fourth-order valence-corrected chi connectivity index (χ4v) is 3.27. The van der Waals surface area contributed by atoms with Crippen LogP contribution in [0.25, 0.3) is 0 Å². The van der Waals surface area contributed by atoms with E-state index in [1.807, 2.05) is 62.4 Å². The first-order valence-electron chi connectivity index (χ1n) is 7.86. The standard InChI is InChI=1S/C19H18BrN3OS/c1-11-3-5-13(6-4-11)17-16(12(2)21-19(25)23-17)18(24)22-15-9-7-14(20)8-10-15/h3-10,17H,1-2H3,(H,22,24)(H2,21,23,25). The number of carbonyl (C=O) groups is 1. The second kappa shape index (κ2) is 7.37. The van der Waals surface area contributed by atoms with E-state index in [2.05, 4.69) is 31.9 Å². The van der Waals surface area contributed by atoms with E-state index in [4.69, 9.17) is 12.2 Å². The van der Waals surface area contributed by atoms with Crippen molar-refractivity contribution in [2.24, 2.45) is 0 Å². The van der Waals surface area contributed by atoms with Crippen LogP contribution in [0.15, 0.2) is 64.3 Å². The van der Waals surface area contributed by atoms with Crippen molar-refractivity contribution in [3.05, 3.63) is 75.4 Å². The van der Waals surface area contributed by atoms with E-state index in [1.165, 1.54) is 5.56 Å². The zero-order chi connectivity index (χ0) is 18.0. The van der Waals surface area contributed by atoms with Crippen molar-refractivity contribution in [1.82, 2.24) is 10.6 Å². The third-order valence-electron chi connectivity index (χ3n) is 4.03. The number of benzene rings is 2. The number of carbonyl (C=O) groups excluding carboxylic acids is 1. The van der Waals surface area contributed by atoms with Crippen molar-refractivity contribution in [3.63, 3.8) is 0 Å². The van der Waals surface area contributed by atoms with Crippen molar-refractivity contribution in [1.29, 1.82) is 0 Å². The molecule has 0 aliphatic carbocycles. The quantitative estimate of drug-likeness (QED) is 0.657. The van der Waals surface area contributed by atoms with Gasteiger partial charge in [-0.3, -0.25) is 4.79 Å². The zero-order valence-corrected chi connectivity index (χ0v) is 16.3. The van der Waals surface area contributed by atoms with E-state index in [0.717, 1.165) is 21.4 Å². The summed E-state index contributed by atoms with van der Waals surface area (Å²) in [5.74, 6) is -0.159. The number of allylic oxidation sites excluding steroid dienone is 1. The molecule has 1 aliphatic rings. The summed E-state index contributed by atoms with van der Waals surface area (Å²) in [6.45, 7) is 3.90. The number of hydrogen-bond acceptors (Lipinski definition) is 2. The zero-order valence-electron chi connectivity index (χ0n) is 13.9. The van der Waals surface area contributed by atoms with Gasteiger partial charge in [0.1, 0.15) is 0 Å². The first-order chi connectivity index (χ1) is 11.9. The lowest BCUT2D eigenvalue weighted by Gasteiger charge is -2.30. The minimum Gasteiger partial charge on any atom is -0.351 e. The summed E-state index contributed by atoms with van der Waals surface area (Å²) in [7, 11) is 0. The Labute approximate surface area is 160 Å². The predicted octanol–water partition coefficient (Wildman–Crippen LogP) is 4.19. The molecule has 3 rings (SSSR count). The van der Waals surface area contributed by atoms with Gasteiger partial charge in [-0.1, -0.05) is 45.8 Å². The number of hydrogen-bond donors (Lipinski definition) is 3. The summed E-state index contributed by atoms with van der Waals surface area (Å²) < 4.78 is 0.963. The molecule has 0 fully saturated rings. The smallest absolute Gasteiger partial charge is 0.255 e. The van der Waals surface area contributed by atoms with Gasteiger partial charge >= 0.3 is 0 Å². The minimum atomic E-state index is -0.287. The summed E-state index contributed by atoms with van der Waals surface area (Å²) in [6.07, 6.45) is 0. The molecule has 2 aromatic carbocycles. The molecule has 1 unspecified atom stereocenters. The number of anilines is 1. The molecule has 1 amide bonds. The summed E-state index contributed by atoms with van der Waals surface area (Å²) >= 11 is 8.67. The third kappa shape index (κ3) is 4.08. The molecule has 0 saturated carbocycles. The van der Waals surface area contributed by atoms with Crippen molar-refractivity contribution in [3.8, 4) is 0 Å². The number of aryl methyl sites for hydroxylation is 1. The van der Waals surface area contributed by atoms with Gasteiger partial charge in [-0.2, -0.15) is 0 Å². The lowest BCUT2D eigenvalue weighted by molar-refractivity contribution is -0.113. The summed E-state index contributed by atoms with van der Waals surface area (Å²) in [6, 6.07) is 15.3. The molecule has 0 saturated heterocycles. The number of nitrogens with one attached hydrogen (secondary N) is 3. The van der Waals surface area contributed by atoms with Gasteiger partial charge in [0, 0.05) is 15.9 Å². The van der Waals surface area contributed by atoms with Gasteiger partial charge in [0.05, 0.1) is 11.6 Å². The summed E-state index contributed by atoms with van der Waals surface area (Å²) in [4.78, 5) is 12.9. The molecule has 0 radical (unpaired) electrons. The van der Waals surface area contributed by atoms with E-state index in [9.17, 15) is 4.79 Å². The number of thiocarbonyl (C=S) groups is 1. The maximum absolute atomic E-state index is 12.9. The predicted molar refractivity (Wildman–Crippen MR) is 108 cm³/mol. The van der Waals surface area contributed by atoms with Crippen LogP contribution in [0.1, 0.15) is 24.1 Å². The van der Waals surface area contributed by atoms with Gasteiger partial charge in [-0.15, -0.1) is 0 Å². The molecule has 0 spiro atoms. The Morgan fingerprint density at radius 2 is 1.72 bits per heavy atom. The van der Waals surface area contributed by atoms with E-state index in [0.29, 0.717) is 10.7 Å². The Morgan fingerprint density at radius 3 is 2.36 bits per heavy atom. The SMILES string of the molecule is CC1=C(C(=O)Nc2ccc(Br)cc2)C(c2ccc(C)cc2)NC(=S)N1. The fourth-order valence-electron chi connectivity index (χ4n) is 2.74. The first kappa shape index (κ1) is 17.6. The molecular weight excluding hydrogens is 398 g/mol. The van der Waals surface area contributed by atoms with Crippen LogP contribution >= 0.6 is 28.1 Å². The van der Waals surface area contributed by atoms with Gasteiger partial charge in [0.25, 0.3) is 5.91 Å². The average molecular weight is 416 g/mol. The molecule has 0 aromatic heterocycles. The maximum Gasteiger partial charge on any atom is 0.255 e. The highest BCUT2D eigenvalue weighted by Crippen LogP contribution is 2.28. The van der Waals surface area contributed by atoms with Crippen molar-refractivity contribution >= 4 is 44.9 Å². The number of rotatable bonds is 3. The molecule has 25 heavy (non-hydrogen) atoms. The monoisotopic (exact) mass is 415 g/mol. The number of amides is 1. The Hall–Kier alpha value is -2.18. The van der Waals surface area contributed by atoms with E-state index in [-0.39, 0.29) is 11.9 Å². The lowest BCUT2D eigenvalue weighted by Crippen LogP contribution is -2.45. The first-order valence-corrected chi connectivity index (χ1v) is 9.06. The van der Waals surface area contributed by atoms with Gasteiger partial charge < -0.3 is 16.0 Å².